The Morgan fingerprint density at radius 3 is 2.82 bits per heavy atom. The molecule has 1 fully saturated rings. The highest BCUT2D eigenvalue weighted by Crippen LogP contribution is 2.15. The number of carboxylic acid groups (broad SMARTS) is 1. The molecule has 2 unspecified atom stereocenters. The number of aliphatic hydroxyl groups excluding tert-OH is 1. The van der Waals surface area contributed by atoms with Crippen molar-refractivity contribution >= 4 is 12.0 Å². The standard InChI is InChI=1S/C11H20N2O4/c1-8(10(15)16)5-12-11(17)13-4-2-3-9(6-13)7-14/h8-9,14H,2-7H2,1H3,(H,12,17)(H,15,16). The van der Waals surface area contributed by atoms with E-state index in [-0.39, 0.29) is 25.1 Å². The van der Waals surface area contributed by atoms with Gasteiger partial charge in [-0.2, -0.15) is 0 Å². The fourth-order valence-electron chi connectivity index (χ4n) is 1.84. The normalized spacial score (nSPS) is 22.0. The Hall–Kier alpha value is -1.30. The van der Waals surface area contributed by atoms with E-state index in [2.05, 4.69) is 5.32 Å². The summed E-state index contributed by atoms with van der Waals surface area (Å²) in [6.07, 6.45) is 1.82. The lowest BCUT2D eigenvalue weighted by Gasteiger charge is -2.32. The molecule has 0 saturated carbocycles. The topological polar surface area (TPSA) is 89.9 Å². The summed E-state index contributed by atoms with van der Waals surface area (Å²) >= 11 is 0. The molecular formula is C11H20N2O4. The van der Waals surface area contributed by atoms with Gasteiger partial charge in [-0.25, -0.2) is 4.79 Å². The Balaban J connectivity index is 2.34. The van der Waals surface area contributed by atoms with E-state index in [1.165, 1.54) is 0 Å². The van der Waals surface area contributed by atoms with Crippen molar-refractivity contribution in [1.82, 2.24) is 10.2 Å². The first-order chi connectivity index (χ1) is 8.04. The highest BCUT2D eigenvalue weighted by molar-refractivity contribution is 5.76. The number of nitrogens with zero attached hydrogens (tertiary/aromatic N) is 1. The maximum absolute atomic E-state index is 11.7. The highest BCUT2D eigenvalue weighted by Gasteiger charge is 2.23. The van der Waals surface area contributed by atoms with Gasteiger partial charge in [-0.3, -0.25) is 4.79 Å². The second kappa shape index (κ2) is 6.44. The molecule has 98 valence electrons. The summed E-state index contributed by atoms with van der Waals surface area (Å²) in [4.78, 5) is 24.0. The van der Waals surface area contributed by atoms with Crippen molar-refractivity contribution in [3.63, 3.8) is 0 Å². The van der Waals surface area contributed by atoms with Crippen LogP contribution in [0.2, 0.25) is 0 Å². The molecule has 2 atom stereocenters. The Morgan fingerprint density at radius 1 is 1.53 bits per heavy atom. The van der Waals surface area contributed by atoms with Crippen LogP contribution >= 0.6 is 0 Å². The zero-order valence-corrected chi connectivity index (χ0v) is 10.1. The number of aliphatic hydroxyl groups is 1. The van der Waals surface area contributed by atoms with Crippen LogP contribution in [0, 0.1) is 11.8 Å². The number of rotatable bonds is 4. The number of carbonyl (C=O) groups is 2. The fourth-order valence-corrected chi connectivity index (χ4v) is 1.84. The zero-order valence-electron chi connectivity index (χ0n) is 10.1. The molecule has 17 heavy (non-hydrogen) atoms. The number of carbonyl (C=O) groups excluding carboxylic acids is 1. The van der Waals surface area contributed by atoms with E-state index in [0.717, 1.165) is 12.8 Å². The molecule has 0 bridgehead atoms. The summed E-state index contributed by atoms with van der Waals surface area (Å²) in [5.74, 6) is -1.36. The van der Waals surface area contributed by atoms with Gasteiger partial charge in [-0.05, 0) is 18.8 Å². The lowest BCUT2D eigenvalue weighted by atomic mass is 9.99. The van der Waals surface area contributed by atoms with Gasteiger partial charge in [-0.1, -0.05) is 6.92 Å². The van der Waals surface area contributed by atoms with Gasteiger partial charge in [-0.15, -0.1) is 0 Å². The van der Waals surface area contributed by atoms with Gasteiger partial charge in [0.25, 0.3) is 0 Å². The number of hydrogen-bond acceptors (Lipinski definition) is 3. The van der Waals surface area contributed by atoms with Gasteiger partial charge < -0.3 is 20.4 Å². The van der Waals surface area contributed by atoms with Crippen LogP contribution < -0.4 is 5.32 Å². The molecule has 2 amide bonds. The van der Waals surface area contributed by atoms with E-state index in [1.54, 1.807) is 11.8 Å². The molecule has 3 N–H and O–H groups in total. The minimum atomic E-state index is -0.919. The molecule has 1 rings (SSSR count). The lowest BCUT2D eigenvalue weighted by Crippen LogP contribution is -2.47. The minimum absolute atomic E-state index is 0.0926. The van der Waals surface area contributed by atoms with Crippen LogP contribution in [-0.4, -0.2) is 53.4 Å². The van der Waals surface area contributed by atoms with Crippen molar-refractivity contribution in [2.75, 3.05) is 26.2 Å². The third kappa shape index (κ3) is 4.22. The van der Waals surface area contributed by atoms with E-state index < -0.39 is 11.9 Å². The average molecular weight is 244 g/mol. The molecule has 6 nitrogen and oxygen atoms in total. The zero-order chi connectivity index (χ0) is 12.8. The second-order valence-corrected chi connectivity index (χ2v) is 4.56. The van der Waals surface area contributed by atoms with Crippen LogP contribution in [0.5, 0.6) is 0 Å². The molecule has 0 aromatic rings. The van der Waals surface area contributed by atoms with Crippen LogP contribution in [0.1, 0.15) is 19.8 Å². The van der Waals surface area contributed by atoms with Gasteiger partial charge in [0, 0.05) is 26.2 Å². The number of likely N-dealkylation sites (tertiary alicyclic amines) is 1. The van der Waals surface area contributed by atoms with Crippen molar-refractivity contribution < 1.29 is 19.8 Å². The van der Waals surface area contributed by atoms with Gasteiger partial charge in [0.1, 0.15) is 0 Å². The van der Waals surface area contributed by atoms with Gasteiger partial charge in [0.15, 0.2) is 0 Å². The van der Waals surface area contributed by atoms with Crippen molar-refractivity contribution in [3.05, 3.63) is 0 Å². The molecule has 0 radical (unpaired) electrons. The SMILES string of the molecule is CC(CNC(=O)N1CCCC(CO)C1)C(=O)O. The molecule has 1 heterocycles. The summed E-state index contributed by atoms with van der Waals surface area (Å²) in [6.45, 7) is 2.99. The number of aliphatic carboxylic acids is 1. The smallest absolute Gasteiger partial charge is 0.317 e. The quantitative estimate of drug-likeness (QED) is 0.655. The highest BCUT2D eigenvalue weighted by atomic mass is 16.4. The van der Waals surface area contributed by atoms with Gasteiger partial charge in [0.2, 0.25) is 0 Å². The fraction of sp³-hybridized carbons (Fsp3) is 0.818. The molecular weight excluding hydrogens is 224 g/mol. The van der Waals surface area contributed by atoms with E-state index in [0.29, 0.717) is 13.1 Å². The summed E-state index contributed by atoms with van der Waals surface area (Å²) in [5, 5.41) is 20.3. The van der Waals surface area contributed by atoms with Crippen LogP contribution in [0.3, 0.4) is 0 Å². The molecule has 0 spiro atoms. The van der Waals surface area contributed by atoms with Gasteiger partial charge in [0.05, 0.1) is 5.92 Å². The molecule has 0 aliphatic carbocycles. The number of hydrogen-bond donors (Lipinski definition) is 3. The van der Waals surface area contributed by atoms with Crippen LogP contribution in [-0.2, 0) is 4.79 Å². The largest absolute Gasteiger partial charge is 0.481 e. The Labute approximate surface area is 101 Å². The maximum Gasteiger partial charge on any atom is 0.317 e. The summed E-state index contributed by atoms with van der Waals surface area (Å²) in [6, 6.07) is -0.240. The van der Waals surface area contributed by atoms with Crippen molar-refractivity contribution in [1.29, 1.82) is 0 Å². The number of nitrogens with one attached hydrogen (secondary N) is 1. The van der Waals surface area contributed by atoms with E-state index in [4.69, 9.17) is 10.2 Å². The predicted molar refractivity (Wildman–Crippen MR) is 61.6 cm³/mol. The first-order valence-electron chi connectivity index (χ1n) is 5.91. The van der Waals surface area contributed by atoms with Crippen LogP contribution in [0.25, 0.3) is 0 Å². The average Bonchev–Trinajstić information content (AvgIpc) is 2.35. The minimum Gasteiger partial charge on any atom is -0.481 e. The molecule has 1 aliphatic rings. The summed E-state index contributed by atoms with van der Waals surface area (Å²) in [5.41, 5.74) is 0. The number of carboxylic acids is 1. The summed E-state index contributed by atoms with van der Waals surface area (Å²) in [7, 11) is 0. The third-order valence-corrected chi connectivity index (χ3v) is 3.05. The predicted octanol–water partition coefficient (Wildman–Crippen LogP) is 0.121. The Kier molecular flexibility index (Phi) is 5.21. The van der Waals surface area contributed by atoms with Crippen molar-refractivity contribution in [2.45, 2.75) is 19.8 Å². The summed E-state index contributed by atoms with van der Waals surface area (Å²) < 4.78 is 0. The first kappa shape index (κ1) is 13.8. The second-order valence-electron chi connectivity index (χ2n) is 4.56. The number of piperidine rings is 1. The maximum atomic E-state index is 11.7. The van der Waals surface area contributed by atoms with E-state index in [9.17, 15) is 9.59 Å². The Bertz CT molecular complexity index is 283. The Morgan fingerprint density at radius 2 is 2.24 bits per heavy atom. The van der Waals surface area contributed by atoms with Crippen molar-refractivity contribution in [2.24, 2.45) is 11.8 Å². The molecule has 0 aromatic heterocycles. The lowest BCUT2D eigenvalue weighted by molar-refractivity contribution is -0.140. The van der Waals surface area contributed by atoms with Gasteiger partial charge >= 0.3 is 12.0 Å². The van der Waals surface area contributed by atoms with Crippen molar-refractivity contribution in [3.8, 4) is 0 Å². The molecule has 1 saturated heterocycles. The van der Waals surface area contributed by atoms with E-state index in [1.807, 2.05) is 0 Å². The van der Waals surface area contributed by atoms with Crippen LogP contribution in [0.4, 0.5) is 4.79 Å². The van der Waals surface area contributed by atoms with E-state index >= 15 is 0 Å². The number of amides is 2. The molecule has 1 aliphatic heterocycles. The molecule has 0 aromatic carbocycles. The number of urea groups is 1. The third-order valence-electron chi connectivity index (χ3n) is 3.05. The monoisotopic (exact) mass is 244 g/mol. The first-order valence-corrected chi connectivity index (χ1v) is 5.91. The molecule has 6 heteroatoms. The van der Waals surface area contributed by atoms with Crippen LogP contribution in [0.15, 0.2) is 0 Å².